The molecule has 1 saturated heterocycles. The van der Waals surface area contributed by atoms with Gasteiger partial charge in [-0.15, -0.1) is 0 Å². The smallest absolute Gasteiger partial charge is 0.226 e. The molecule has 1 aliphatic rings. The SMILES string of the molecule is NC1CCN(c2ncc3ncnc(Nc4ccc(F)c(Cl)c4)c3n2)C1. The number of aromatic nitrogens is 4. The Bertz CT molecular complexity index is 936. The van der Waals surface area contributed by atoms with E-state index < -0.39 is 5.82 Å². The fraction of sp³-hybridized carbons (Fsp3) is 0.250. The van der Waals surface area contributed by atoms with Crippen molar-refractivity contribution >= 4 is 40.1 Å². The van der Waals surface area contributed by atoms with Gasteiger partial charge in [0.1, 0.15) is 23.2 Å². The van der Waals surface area contributed by atoms with E-state index in [-0.39, 0.29) is 11.1 Å². The molecule has 3 N–H and O–H groups in total. The van der Waals surface area contributed by atoms with Crippen LogP contribution >= 0.6 is 11.6 Å². The third-order valence-electron chi connectivity index (χ3n) is 4.05. The summed E-state index contributed by atoms with van der Waals surface area (Å²) in [6.45, 7) is 1.53. The third kappa shape index (κ3) is 3.18. The minimum absolute atomic E-state index is 0.0322. The van der Waals surface area contributed by atoms with Crippen molar-refractivity contribution in [2.45, 2.75) is 12.5 Å². The zero-order valence-corrected chi connectivity index (χ0v) is 13.9. The van der Waals surface area contributed by atoms with Gasteiger partial charge in [-0.25, -0.2) is 24.3 Å². The Labute approximate surface area is 148 Å². The molecule has 2 aromatic heterocycles. The normalized spacial score (nSPS) is 17.2. The molecule has 1 unspecified atom stereocenters. The van der Waals surface area contributed by atoms with Gasteiger partial charge < -0.3 is 16.0 Å². The Balaban J connectivity index is 1.71. The van der Waals surface area contributed by atoms with E-state index in [4.69, 9.17) is 17.3 Å². The van der Waals surface area contributed by atoms with Crippen LogP contribution in [0.5, 0.6) is 0 Å². The lowest BCUT2D eigenvalue weighted by atomic mass is 10.3. The lowest BCUT2D eigenvalue weighted by molar-refractivity contribution is 0.628. The molecule has 0 bridgehead atoms. The highest BCUT2D eigenvalue weighted by Crippen LogP contribution is 2.26. The first-order valence-corrected chi connectivity index (χ1v) is 8.18. The monoisotopic (exact) mass is 359 g/mol. The predicted molar refractivity (Wildman–Crippen MR) is 94.6 cm³/mol. The van der Waals surface area contributed by atoms with E-state index in [1.54, 1.807) is 12.3 Å². The number of benzene rings is 1. The van der Waals surface area contributed by atoms with Gasteiger partial charge in [-0.05, 0) is 24.6 Å². The molecule has 25 heavy (non-hydrogen) atoms. The lowest BCUT2D eigenvalue weighted by Crippen LogP contribution is -2.27. The minimum Gasteiger partial charge on any atom is -0.339 e. The topological polar surface area (TPSA) is 92.9 Å². The van der Waals surface area contributed by atoms with Crippen LogP contribution in [-0.4, -0.2) is 39.1 Å². The fourth-order valence-electron chi connectivity index (χ4n) is 2.77. The Kier molecular flexibility index (Phi) is 4.06. The number of fused-ring (bicyclic) bond motifs is 1. The highest BCUT2D eigenvalue weighted by molar-refractivity contribution is 6.31. The molecular formula is C16H15ClFN7. The first-order chi connectivity index (χ1) is 12.1. The zero-order valence-electron chi connectivity index (χ0n) is 13.2. The van der Waals surface area contributed by atoms with Crippen molar-refractivity contribution in [3.8, 4) is 0 Å². The molecule has 0 aliphatic carbocycles. The van der Waals surface area contributed by atoms with Gasteiger partial charge in [0.05, 0.1) is 11.2 Å². The van der Waals surface area contributed by atoms with Crippen molar-refractivity contribution in [2.24, 2.45) is 5.73 Å². The molecule has 0 amide bonds. The molecule has 9 heteroatoms. The molecule has 0 saturated carbocycles. The highest BCUT2D eigenvalue weighted by Gasteiger charge is 2.22. The van der Waals surface area contributed by atoms with Crippen LogP contribution in [0.3, 0.4) is 0 Å². The number of anilines is 3. The average molecular weight is 360 g/mol. The van der Waals surface area contributed by atoms with Gasteiger partial charge in [-0.3, -0.25) is 0 Å². The molecule has 0 radical (unpaired) electrons. The van der Waals surface area contributed by atoms with Gasteiger partial charge in [0.2, 0.25) is 5.95 Å². The standard InChI is InChI=1S/C16H15ClFN7/c17-11-5-10(1-2-12(11)18)23-15-14-13(21-8-22-15)6-20-16(24-14)25-4-3-9(19)7-25/h1-2,5-6,8-9H,3-4,7,19H2,(H,21,22,23). The van der Waals surface area contributed by atoms with Crippen LogP contribution in [-0.2, 0) is 0 Å². The van der Waals surface area contributed by atoms with E-state index in [1.807, 2.05) is 4.90 Å². The molecule has 3 aromatic rings. The van der Waals surface area contributed by atoms with Gasteiger partial charge in [0, 0.05) is 24.8 Å². The van der Waals surface area contributed by atoms with E-state index in [2.05, 4.69) is 25.3 Å². The molecule has 1 fully saturated rings. The van der Waals surface area contributed by atoms with Crippen molar-refractivity contribution in [3.63, 3.8) is 0 Å². The number of hydrogen-bond donors (Lipinski definition) is 2. The van der Waals surface area contributed by atoms with E-state index in [9.17, 15) is 4.39 Å². The maximum atomic E-state index is 13.3. The first-order valence-electron chi connectivity index (χ1n) is 7.80. The predicted octanol–water partition coefficient (Wildman–Crippen LogP) is 2.49. The quantitative estimate of drug-likeness (QED) is 0.742. The van der Waals surface area contributed by atoms with Gasteiger partial charge in [0.15, 0.2) is 5.82 Å². The summed E-state index contributed by atoms with van der Waals surface area (Å²) in [7, 11) is 0. The van der Waals surface area contributed by atoms with Crippen molar-refractivity contribution in [3.05, 3.63) is 41.6 Å². The van der Waals surface area contributed by atoms with Crippen molar-refractivity contribution in [1.82, 2.24) is 19.9 Å². The van der Waals surface area contributed by atoms with E-state index >= 15 is 0 Å². The number of rotatable bonds is 3. The largest absolute Gasteiger partial charge is 0.339 e. The molecule has 4 rings (SSSR count). The highest BCUT2D eigenvalue weighted by atomic mass is 35.5. The molecular weight excluding hydrogens is 345 g/mol. The van der Waals surface area contributed by atoms with Gasteiger partial charge in [0.25, 0.3) is 0 Å². The second kappa shape index (κ2) is 6.38. The summed E-state index contributed by atoms with van der Waals surface area (Å²) >= 11 is 5.83. The van der Waals surface area contributed by atoms with Crippen LogP contribution in [0, 0.1) is 5.82 Å². The Hall–Kier alpha value is -2.58. The minimum atomic E-state index is -0.477. The summed E-state index contributed by atoms with van der Waals surface area (Å²) in [5.74, 6) is 0.616. The molecule has 128 valence electrons. The van der Waals surface area contributed by atoms with Gasteiger partial charge >= 0.3 is 0 Å². The van der Waals surface area contributed by atoms with Gasteiger partial charge in [-0.2, -0.15) is 0 Å². The second-order valence-corrected chi connectivity index (χ2v) is 6.28. The first kappa shape index (κ1) is 15.9. The molecule has 1 atom stereocenters. The summed E-state index contributed by atoms with van der Waals surface area (Å²) in [5.41, 5.74) is 7.75. The van der Waals surface area contributed by atoms with Crippen LogP contribution < -0.4 is 16.0 Å². The number of nitrogens with two attached hydrogens (primary N) is 1. The summed E-state index contributed by atoms with van der Waals surface area (Å²) in [6.07, 6.45) is 3.99. The summed E-state index contributed by atoms with van der Waals surface area (Å²) < 4.78 is 13.3. The fourth-order valence-corrected chi connectivity index (χ4v) is 2.95. The Morgan fingerprint density at radius 2 is 2.16 bits per heavy atom. The van der Waals surface area contributed by atoms with Crippen LogP contribution in [0.2, 0.25) is 5.02 Å². The molecule has 3 heterocycles. The van der Waals surface area contributed by atoms with Crippen LogP contribution in [0.1, 0.15) is 6.42 Å². The summed E-state index contributed by atoms with van der Waals surface area (Å²) in [5, 5.41) is 3.14. The third-order valence-corrected chi connectivity index (χ3v) is 4.34. The maximum Gasteiger partial charge on any atom is 0.226 e. The zero-order chi connectivity index (χ0) is 17.4. The maximum absolute atomic E-state index is 13.3. The van der Waals surface area contributed by atoms with Crippen LogP contribution in [0.4, 0.5) is 21.8 Å². The van der Waals surface area contributed by atoms with Crippen molar-refractivity contribution in [2.75, 3.05) is 23.3 Å². The van der Waals surface area contributed by atoms with E-state index in [1.165, 1.54) is 18.5 Å². The van der Waals surface area contributed by atoms with Gasteiger partial charge in [-0.1, -0.05) is 11.6 Å². The average Bonchev–Trinajstić information content (AvgIpc) is 3.05. The molecule has 7 nitrogen and oxygen atoms in total. The van der Waals surface area contributed by atoms with E-state index in [0.717, 1.165) is 19.5 Å². The summed E-state index contributed by atoms with van der Waals surface area (Å²) in [4.78, 5) is 19.4. The number of nitrogens with one attached hydrogen (secondary N) is 1. The van der Waals surface area contributed by atoms with Crippen LogP contribution in [0.25, 0.3) is 11.0 Å². The molecule has 1 aromatic carbocycles. The van der Waals surface area contributed by atoms with E-state index in [0.29, 0.717) is 28.5 Å². The Morgan fingerprint density at radius 3 is 2.92 bits per heavy atom. The van der Waals surface area contributed by atoms with Crippen molar-refractivity contribution in [1.29, 1.82) is 0 Å². The second-order valence-electron chi connectivity index (χ2n) is 5.87. The number of halogens is 2. The van der Waals surface area contributed by atoms with Crippen molar-refractivity contribution < 1.29 is 4.39 Å². The Morgan fingerprint density at radius 1 is 1.28 bits per heavy atom. The molecule has 0 spiro atoms. The lowest BCUT2D eigenvalue weighted by Gasteiger charge is -2.16. The molecule has 1 aliphatic heterocycles. The number of hydrogen-bond acceptors (Lipinski definition) is 7. The number of nitrogens with zero attached hydrogens (tertiary/aromatic N) is 5. The summed E-state index contributed by atoms with van der Waals surface area (Å²) in [6, 6.07) is 4.49. The van der Waals surface area contributed by atoms with Crippen LogP contribution in [0.15, 0.2) is 30.7 Å².